The minimum absolute atomic E-state index is 1.11. The van der Waals surface area contributed by atoms with Crippen LogP contribution in [-0.4, -0.2) is 9.97 Å². The van der Waals surface area contributed by atoms with E-state index in [4.69, 9.17) is 0 Å². The first-order chi connectivity index (χ1) is 12.3. The summed E-state index contributed by atoms with van der Waals surface area (Å²) >= 11 is 1.77. The van der Waals surface area contributed by atoms with Crippen LogP contribution in [0.5, 0.6) is 0 Å². The molecule has 3 heterocycles. The fourth-order valence-corrected chi connectivity index (χ4v) is 3.80. The van der Waals surface area contributed by atoms with Crippen molar-refractivity contribution in [2.24, 2.45) is 0 Å². The quantitative estimate of drug-likeness (QED) is 0.501. The highest BCUT2D eigenvalue weighted by atomic mass is 32.1. The van der Waals surface area contributed by atoms with Gasteiger partial charge in [-0.1, -0.05) is 29.5 Å². The molecule has 0 saturated heterocycles. The van der Waals surface area contributed by atoms with E-state index in [0.29, 0.717) is 0 Å². The van der Waals surface area contributed by atoms with E-state index >= 15 is 0 Å². The topological polar surface area (TPSA) is 29.7 Å². The number of hydrogen-bond donors (Lipinski definition) is 0. The Hall–Kier alpha value is -2.85. The second-order valence-electron chi connectivity index (χ2n) is 5.92. The molecule has 122 valence electrons. The van der Waals surface area contributed by atoms with Crippen molar-refractivity contribution in [2.45, 2.75) is 13.8 Å². The molecular weight excluding hydrogens is 326 g/mol. The summed E-state index contributed by atoms with van der Waals surface area (Å²) in [5.74, 6) is 0. The zero-order valence-electron chi connectivity index (χ0n) is 14.2. The summed E-state index contributed by atoms with van der Waals surface area (Å²) in [6.45, 7) is 4.33. The van der Waals surface area contributed by atoms with Crippen molar-refractivity contribution in [3.63, 3.8) is 0 Å². The standard InChI is InChI=1S/C21H18N3S/c1-15-16(2)25-14-24(15)21-19(17-6-4-10-22-12-17)8-3-9-20(21)18-7-5-11-23-13-18/h3-14H,1-2H3/q+1. The van der Waals surface area contributed by atoms with Crippen LogP contribution >= 0.6 is 11.3 Å². The van der Waals surface area contributed by atoms with Crippen molar-refractivity contribution in [3.8, 4) is 27.9 Å². The molecule has 1 aromatic carbocycles. The van der Waals surface area contributed by atoms with Crippen molar-refractivity contribution in [2.75, 3.05) is 0 Å². The maximum Gasteiger partial charge on any atom is 0.231 e. The van der Waals surface area contributed by atoms with E-state index in [1.165, 1.54) is 27.4 Å². The summed E-state index contributed by atoms with van der Waals surface area (Å²) in [5, 5.41) is 0. The average molecular weight is 344 g/mol. The predicted octanol–water partition coefficient (Wildman–Crippen LogP) is 4.77. The molecule has 0 aliphatic carbocycles. The minimum atomic E-state index is 1.11. The third-order valence-corrected chi connectivity index (χ3v) is 5.39. The third kappa shape index (κ3) is 2.85. The number of benzene rings is 1. The number of para-hydroxylation sites is 1. The summed E-state index contributed by atoms with van der Waals surface area (Å²) < 4.78 is 2.28. The highest BCUT2D eigenvalue weighted by Crippen LogP contribution is 2.33. The largest absolute Gasteiger partial charge is 0.264 e. The Morgan fingerprint density at radius 2 is 1.40 bits per heavy atom. The van der Waals surface area contributed by atoms with Gasteiger partial charge < -0.3 is 0 Å². The molecule has 4 aromatic rings. The molecule has 0 unspecified atom stereocenters. The molecule has 3 aromatic heterocycles. The van der Waals surface area contributed by atoms with Crippen LogP contribution in [0.4, 0.5) is 0 Å². The number of aryl methyl sites for hydroxylation is 1. The lowest BCUT2D eigenvalue weighted by atomic mass is 9.97. The molecule has 0 saturated carbocycles. The maximum atomic E-state index is 4.31. The van der Waals surface area contributed by atoms with Crippen LogP contribution in [0.1, 0.15) is 10.6 Å². The molecule has 25 heavy (non-hydrogen) atoms. The van der Waals surface area contributed by atoms with Gasteiger partial charge in [0.2, 0.25) is 11.2 Å². The molecule has 0 fully saturated rings. The fraction of sp³-hybridized carbons (Fsp3) is 0.0952. The van der Waals surface area contributed by atoms with E-state index in [0.717, 1.165) is 11.1 Å². The zero-order valence-corrected chi connectivity index (χ0v) is 15.0. The normalized spacial score (nSPS) is 10.8. The van der Waals surface area contributed by atoms with E-state index < -0.39 is 0 Å². The first-order valence-corrected chi connectivity index (χ1v) is 9.04. The Bertz CT molecular complexity index is 950. The Balaban J connectivity index is 2.05. The molecule has 0 atom stereocenters. The predicted molar refractivity (Wildman–Crippen MR) is 102 cm³/mol. The molecule has 0 radical (unpaired) electrons. The number of nitrogens with zero attached hydrogens (tertiary/aromatic N) is 3. The van der Waals surface area contributed by atoms with Crippen LogP contribution < -0.4 is 4.57 Å². The van der Waals surface area contributed by atoms with Gasteiger partial charge in [0.05, 0.1) is 16.0 Å². The van der Waals surface area contributed by atoms with Gasteiger partial charge >= 0.3 is 0 Å². The molecule has 4 heteroatoms. The molecule has 0 aliphatic heterocycles. The van der Waals surface area contributed by atoms with E-state index in [1.807, 2.05) is 24.5 Å². The Morgan fingerprint density at radius 1 is 0.800 bits per heavy atom. The number of pyridine rings is 2. The Labute approximate surface area is 151 Å². The number of rotatable bonds is 3. The van der Waals surface area contributed by atoms with Crippen LogP contribution in [0.15, 0.2) is 72.8 Å². The second kappa shape index (κ2) is 6.57. The fourth-order valence-electron chi connectivity index (χ4n) is 3.00. The van der Waals surface area contributed by atoms with Gasteiger partial charge in [-0.25, -0.2) is 0 Å². The Morgan fingerprint density at radius 3 is 1.84 bits per heavy atom. The van der Waals surface area contributed by atoms with Crippen LogP contribution in [-0.2, 0) is 0 Å². The van der Waals surface area contributed by atoms with Crippen molar-refractivity contribution < 1.29 is 4.57 Å². The molecule has 0 bridgehead atoms. The highest BCUT2D eigenvalue weighted by molar-refractivity contribution is 7.09. The summed E-state index contributed by atoms with van der Waals surface area (Å²) in [5.41, 5.74) is 9.16. The molecule has 0 aliphatic rings. The number of thiazole rings is 1. The molecule has 0 N–H and O–H groups in total. The highest BCUT2D eigenvalue weighted by Gasteiger charge is 2.24. The van der Waals surface area contributed by atoms with E-state index in [1.54, 1.807) is 23.7 Å². The lowest BCUT2D eigenvalue weighted by molar-refractivity contribution is -0.596. The summed E-state index contributed by atoms with van der Waals surface area (Å²) in [6.07, 6.45) is 7.45. The monoisotopic (exact) mass is 344 g/mol. The van der Waals surface area contributed by atoms with Gasteiger partial charge in [-0.3, -0.25) is 9.97 Å². The van der Waals surface area contributed by atoms with Crippen LogP contribution in [0.2, 0.25) is 0 Å². The zero-order chi connectivity index (χ0) is 17.2. The van der Waals surface area contributed by atoms with E-state index in [-0.39, 0.29) is 0 Å². The van der Waals surface area contributed by atoms with Gasteiger partial charge in [0.15, 0.2) is 5.69 Å². The smallest absolute Gasteiger partial charge is 0.231 e. The molecule has 4 rings (SSSR count). The molecule has 3 nitrogen and oxygen atoms in total. The maximum absolute atomic E-state index is 4.31. The van der Waals surface area contributed by atoms with Crippen molar-refractivity contribution >= 4 is 11.3 Å². The Kier molecular flexibility index (Phi) is 4.12. The molecule has 0 spiro atoms. The first-order valence-electron chi connectivity index (χ1n) is 8.16. The summed E-state index contributed by atoms with van der Waals surface area (Å²) in [6, 6.07) is 14.6. The van der Waals surface area contributed by atoms with E-state index in [2.05, 4.69) is 64.2 Å². The van der Waals surface area contributed by atoms with Crippen molar-refractivity contribution in [1.82, 2.24) is 9.97 Å². The third-order valence-electron chi connectivity index (χ3n) is 4.43. The summed E-state index contributed by atoms with van der Waals surface area (Å²) in [4.78, 5) is 9.93. The SMILES string of the molecule is Cc1sc[n+](-c2c(-c3cccnc3)cccc2-c2cccnc2)c1C. The lowest BCUT2D eigenvalue weighted by Crippen LogP contribution is -2.32. The second-order valence-corrected chi connectivity index (χ2v) is 6.98. The minimum Gasteiger partial charge on any atom is -0.264 e. The van der Waals surface area contributed by atoms with Gasteiger partial charge in [0.1, 0.15) is 0 Å². The van der Waals surface area contributed by atoms with Gasteiger partial charge in [-0.05, 0) is 31.2 Å². The van der Waals surface area contributed by atoms with E-state index in [9.17, 15) is 0 Å². The lowest BCUT2D eigenvalue weighted by Gasteiger charge is -2.10. The molecular formula is C21H18N3S+. The molecule has 0 amide bonds. The number of aromatic nitrogens is 3. The van der Waals surface area contributed by atoms with Gasteiger partial charge in [-0.15, -0.1) is 0 Å². The van der Waals surface area contributed by atoms with Gasteiger partial charge in [0.25, 0.3) is 0 Å². The van der Waals surface area contributed by atoms with Crippen LogP contribution in [0.25, 0.3) is 27.9 Å². The van der Waals surface area contributed by atoms with Crippen LogP contribution in [0.3, 0.4) is 0 Å². The summed E-state index contributed by atoms with van der Waals surface area (Å²) in [7, 11) is 0. The van der Waals surface area contributed by atoms with Crippen molar-refractivity contribution in [1.29, 1.82) is 0 Å². The number of hydrogen-bond acceptors (Lipinski definition) is 3. The van der Waals surface area contributed by atoms with Crippen molar-refractivity contribution in [3.05, 3.63) is 83.3 Å². The average Bonchev–Trinajstić information content (AvgIpc) is 3.01. The van der Waals surface area contributed by atoms with Crippen LogP contribution in [0, 0.1) is 13.8 Å². The van der Waals surface area contributed by atoms with Gasteiger partial charge in [0, 0.05) is 42.8 Å². The first kappa shape index (κ1) is 15.7. The van der Waals surface area contributed by atoms with Gasteiger partial charge in [-0.2, -0.15) is 4.57 Å².